The van der Waals surface area contributed by atoms with E-state index in [1.165, 1.54) is 41.0 Å². The van der Waals surface area contributed by atoms with Crippen molar-refractivity contribution in [3.63, 3.8) is 0 Å². The molecular formula is C19H21NS. The molecule has 0 bridgehead atoms. The topological polar surface area (TPSA) is 26.0 Å². The number of thioether (sulfide) groups is 1. The van der Waals surface area contributed by atoms with E-state index in [0.717, 1.165) is 0 Å². The van der Waals surface area contributed by atoms with Crippen LogP contribution in [0.1, 0.15) is 41.5 Å². The van der Waals surface area contributed by atoms with Crippen molar-refractivity contribution in [1.82, 2.24) is 0 Å². The summed E-state index contributed by atoms with van der Waals surface area (Å²) in [6.07, 6.45) is 3.66. The SMILES string of the molecule is NC1c2ccccc2CCC1CC1CSc2ccccc21. The van der Waals surface area contributed by atoms with Crippen LogP contribution in [0.2, 0.25) is 0 Å². The first-order valence-corrected chi connectivity index (χ1v) is 8.86. The van der Waals surface area contributed by atoms with Gasteiger partial charge in [-0.1, -0.05) is 42.5 Å². The smallest absolute Gasteiger partial charge is 0.0326 e. The molecule has 0 amide bonds. The maximum Gasteiger partial charge on any atom is 0.0326 e. The Kier molecular flexibility index (Phi) is 3.52. The van der Waals surface area contributed by atoms with Crippen molar-refractivity contribution in [2.75, 3.05) is 5.75 Å². The van der Waals surface area contributed by atoms with Crippen LogP contribution in [0.25, 0.3) is 0 Å². The van der Waals surface area contributed by atoms with Crippen molar-refractivity contribution >= 4 is 11.8 Å². The first kappa shape index (κ1) is 13.4. The first-order chi connectivity index (χ1) is 10.3. The van der Waals surface area contributed by atoms with Crippen LogP contribution in [0, 0.1) is 5.92 Å². The van der Waals surface area contributed by atoms with E-state index in [1.807, 2.05) is 11.8 Å². The zero-order chi connectivity index (χ0) is 14.2. The molecule has 3 unspecified atom stereocenters. The fourth-order valence-electron chi connectivity index (χ4n) is 3.92. The van der Waals surface area contributed by atoms with E-state index in [1.54, 1.807) is 5.56 Å². The highest BCUT2D eigenvalue weighted by molar-refractivity contribution is 7.99. The van der Waals surface area contributed by atoms with Crippen molar-refractivity contribution in [2.45, 2.75) is 36.1 Å². The summed E-state index contributed by atoms with van der Waals surface area (Å²) in [5, 5.41) is 0. The Balaban J connectivity index is 1.55. The predicted molar refractivity (Wildman–Crippen MR) is 89.7 cm³/mol. The fraction of sp³-hybridized carbons (Fsp3) is 0.368. The van der Waals surface area contributed by atoms with Gasteiger partial charge in [0.2, 0.25) is 0 Å². The molecule has 0 radical (unpaired) electrons. The lowest BCUT2D eigenvalue weighted by molar-refractivity contribution is 0.337. The van der Waals surface area contributed by atoms with E-state index >= 15 is 0 Å². The number of hydrogen-bond acceptors (Lipinski definition) is 2. The number of fused-ring (bicyclic) bond motifs is 2. The molecular weight excluding hydrogens is 274 g/mol. The highest BCUT2D eigenvalue weighted by Crippen LogP contribution is 2.45. The second-order valence-corrected chi connectivity index (χ2v) is 7.37. The van der Waals surface area contributed by atoms with Crippen LogP contribution < -0.4 is 5.73 Å². The molecule has 0 saturated heterocycles. The van der Waals surface area contributed by atoms with Gasteiger partial charge in [0.05, 0.1) is 0 Å². The zero-order valence-electron chi connectivity index (χ0n) is 12.2. The molecule has 0 fully saturated rings. The summed E-state index contributed by atoms with van der Waals surface area (Å²) >= 11 is 2.01. The third-order valence-electron chi connectivity index (χ3n) is 5.09. The van der Waals surface area contributed by atoms with Gasteiger partial charge >= 0.3 is 0 Å². The number of benzene rings is 2. The third kappa shape index (κ3) is 2.41. The van der Waals surface area contributed by atoms with E-state index in [-0.39, 0.29) is 6.04 Å². The molecule has 21 heavy (non-hydrogen) atoms. The van der Waals surface area contributed by atoms with Gasteiger partial charge in [-0.25, -0.2) is 0 Å². The zero-order valence-corrected chi connectivity index (χ0v) is 13.0. The Labute approximate surface area is 130 Å². The van der Waals surface area contributed by atoms with Gasteiger partial charge < -0.3 is 5.73 Å². The molecule has 0 spiro atoms. The lowest BCUT2D eigenvalue weighted by Crippen LogP contribution is -2.28. The minimum atomic E-state index is 0.215. The van der Waals surface area contributed by atoms with Gasteiger partial charge in [0, 0.05) is 16.7 Å². The van der Waals surface area contributed by atoms with Crippen molar-refractivity contribution in [3.8, 4) is 0 Å². The average Bonchev–Trinajstić information content (AvgIpc) is 2.94. The van der Waals surface area contributed by atoms with E-state index in [0.29, 0.717) is 11.8 Å². The Morgan fingerprint density at radius 2 is 1.76 bits per heavy atom. The summed E-state index contributed by atoms with van der Waals surface area (Å²) in [7, 11) is 0. The van der Waals surface area contributed by atoms with E-state index in [4.69, 9.17) is 5.73 Å². The summed E-state index contributed by atoms with van der Waals surface area (Å²) in [6, 6.07) is 17.8. The Hall–Kier alpha value is -1.25. The molecule has 1 heterocycles. The van der Waals surface area contributed by atoms with Crippen LogP contribution in [0.15, 0.2) is 53.4 Å². The summed E-state index contributed by atoms with van der Waals surface area (Å²) in [6.45, 7) is 0. The molecule has 108 valence electrons. The second kappa shape index (κ2) is 5.51. The number of hydrogen-bond donors (Lipinski definition) is 1. The van der Waals surface area contributed by atoms with Gasteiger partial charge in [0.15, 0.2) is 0 Å². The molecule has 1 aliphatic carbocycles. The van der Waals surface area contributed by atoms with Crippen LogP contribution in [0.4, 0.5) is 0 Å². The van der Waals surface area contributed by atoms with E-state index in [9.17, 15) is 0 Å². The quantitative estimate of drug-likeness (QED) is 0.881. The molecule has 0 aromatic heterocycles. The van der Waals surface area contributed by atoms with Gasteiger partial charge in [-0.2, -0.15) is 0 Å². The minimum Gasteiger partial charge on any atom is -0.324 e. The summed E-state index contributed by atoms with van der Waals surface area (Å²) in [4.78, 5) is 1.48. The average molecular weight is 295 g/mol. The Bertz CT molecular complexity index is 652. The highest BCUT2D eigenvalue weighted by Gasteiger charge is 2.31. The maximum absolute atomic E-state index is 6.58. The fourth-order valence-corrected chi connectivity index (χ4v) is 5.19. The van der Waals surface area contributed by atoms with Gasteiger partial charge in [-0.05, 0) is 53.9 Å². The van der Waals surface area contributed by atoms with E-state index in [2.05, 4.69) is 48.5 Å². The van der Waals surface area contributed by atoms with Gasteiger partial charge in [-0.3, -0.25) is 0 Å². The summed E-state index contributed by atoms with van der Waals surface area (Å²) < 4.78 is 0. The van der Waals surface area contributed by atoms with Gasteiger partial charge in [-0.15, -0.1) is 11.8 Å². The van der Waals surface area contributed by atoms with Crippen LogP contribution in [-0.4, -0.2) is 5.75 Å². The largest absolute Gasteiger partial charge is 0.324 e. The van der Waals surface area contributed by atoms with Crippen LogP contribution >= 0.6 is 11.8 Å². The highest BCUT2D eigenvalue weighted by atomic mass is 32.2. The van der Waals surface area contributed by atoms with Crippen LogP contribution in [-0.2, 0) is 6.42 Å². The number of aryl methyl sites for hydroxylation is 1. The lowest BCUT2D eigenvalue weighted by atomic mass is 9.75. The second-order valence-electron chi connectivity index (χ2n) is 6.30. The van der Waals surface area contributed by atoms with Crippen molar-refractivity contribution in [2.24, 2.45) is 11.7 Å². The molecule has 2 aliphatic rings. The van der Waals surface area contributed by atoms with Gasteiger partial charge in [0.1, 0.15) is 0 Å². The standard InChI is InChI=1S/C19H21NS/c20-19-14(10-9-13-5-1-2-7-17(13)19)11-15-12-21-18-8-4-3-6-16(15)18/h1-8,14-15,19H,9-12,20H2. The van der Waals surface area contributed by atoms with Crippen molar-refractivity contribution in [3.05, 3.63) is 65.2 Å². The predicted octanol–water partition coefficient (Wildman–Crippen LogP) is 4.53. The monoisotopic (exact) mass is 295 g/mol. The summed E-state index contributed by atoms with van der Waals surface area (Å²) in [5.41, 5.74) is 11.0. The lowest BCUT2D eigenvalue weighted by Gasteiger charge is -2.32. The maximum atomic E-state index is 6.58. The molecule has 1 aliphatic heterocycles. The molecule has 3 atom stereocenters. The number of rotatable bonds is 2. The number of nitrogens with two attached hydrogens (primary N) is 1. The summed E-state index contributed by atoms with van der Waals surface area (Å²) in [5.74, 6) is 2.54. The molecule has 4 rings (SSSR count). The minimum absolute atomic E-state index is 0.215. The molecule has 2 aromatic rings. The molecule has 2 heteroatoms. The Morgan fingerprint density at radius 1 is 1.00 bits per heavy atom. The van der Waals surface area contributed by atoms with Gasteiger partial charge in [0.25, 0.3) is 0 Å². The van der Waals surface area contributed by atoms with Crippen LogP contribution in [0.3, 0.4) is 0 Å². The van der Waals surface area contributed by atoms with Crippen molar-refractivity contribution in [1.29, 1.82) is 0 Å². The molecule has 2 aromatic carbocycles. The molecule has 0 saturated carbocycles. The first-order valence-electron chi connectivity index (χ1n) is 7.88. The van der Waals surface area contributed by atoms with Crippen LogP contribution in [0.5, 0.6) is 0 Å². The van der Waals surface area contributed by atoms with Crippen molar-refractivity contribution < 1.29 is 0 Å². The molecule has 2 N–H and O–H groups in total. The third-order valence-corrected chi connectivity index (χ3v) is 6.34. The van der Waals surface area contributed by atoms with E-state index < -0.39 is 0 Å². The Morgan fingerprint density at radius 3 is 2.67 bits per heavy atom. The normalized spacial score (nSPS) is 27.2. The molecule has 1 nitrogen and oxygen atoms in total.